The van der Waals surface area contributed by atoms with Crippen LogP contribution in [-0.4, -0.2) is 43.5 Å². The van der Waals surface area contributed by atoms with Gasteiger partial charge in [0.2, 0.25) is 11.8 Å². The smallest absolute Gasteiger partial charge is 0.237 e. The van der Waals surface area contributed by atoms with Crippen LogP contribution in [0.4, 0.5) is 0 Å². The molecule has 0 heterocycles. The molecule has 0 saturated carbocycles. The number of rotatable bonds is 10. The Morgan fingerprint density at radius 2 is 1.89 bits per heavy atom. The van der Waals surface area contributed by atoms with Crippen molar-refractivity contribution in [2.24, 2.45) is 11.5 Å². The highest BCUT2D eigenvalue weighted by Crippen LogP contribution is 1.97. The van der Waals surface area contributed by atoms with Gasteiger partial charge in [-0.05, 0) is 25.8 Å². The van der Waals surface area contributed by atoms with E-state index in [2.05, 4.69) is 16.0 Å². The van der Waals surface area contributed by atoms with Crippen molar-refractivity contribution in [3.8, 4) is 0 Å². The van der Waals surface area contributed by atoms with E-state index in [0.29, 0.717) is 19.4 Å². The van der Waals surface area contributed by atoms with Crippen LogP contribution in [0.25, 0.3) is 0 Å². The molecule has 0 fully saturated rings. The number of primary amides is 1. The van der Waals surface area contributed by atoms with Gasteiger partial charge >= 0.3 is 0 Å². The second-order valence-corrected chi connectivity index (χ2v) is 4.17. The lowest BCUT2D eigenvalue weighted by atomic mass is 10.1. The summed E-state index contributed by atoms with van der Waals surface area (Å²) in [6.45, 7) is 3.09. The lowest BCUT2D eigenvalue weighted by Crippen LogP contribution is -2.47. The van der Waals surface area contributed by atoms with E-state index >= 15 is 0 Å². The van der Waals surface area contributed by atoms with Crippen LogP contribution >= 0.6 is 0 Å². The SMILES string of the molecule is CCCNC(CCCNC(=N)N)C(=O)NCC(N)=O. The van der Waals surface area contributed by atoms with Crippen LogP contribution in [0.1, 0.15) is 26.2 Å². The third-order valence-corrected chi connectivity index (χ3v) is 2.38. The van der Waals surface area contributed by atoms with Crippen molar-refractivity contribution in [2.45, 2.75) is 32.2 Å². The van der Waals surface area contributed by atoms with Crippen molar-refractivity contribution in [1.29, 1.82) is 5.41 Å². The van der Waals surface area contributed by atoms with Crippen LogP contribution in [0.15, 0.2) is 0 Å². The third-order valence-electron chi connectivity index (χ3n) is 2.38. The molecule has 0 aromatic carbocycles. The molecule has 0 aromatic heterocycles. The maximum absolute atomic E-state index is 11.8. The molecule has 2 amide bonds. The maximum atomic E-state index is 11.8. The molecule has 0 aliphatic carbocycles. The zero-order valence-electron chi connectivity index (χ0n) is 11.3. The predicted octanol–water partition coefficient (Wildman–Crippen LogP) is -1.78. The summed E-state index contributed by atoms with van der Waals surface area (Å²) in [4.78, 5) is 22.4. The Hall–Kier alpha value is -1.83. The zero-order chi connectivity index (χ0) is 14.7. The van der Waals surface area contributed by atoms with Gasteiger partial charge in [0.25, 0.3) is 0 Å². The van der Waals surface area contributed by atoms with Gasteiger partial charge in [0.05, 0.1) is 12.6 Å². The predicted molar refractivity (Wildman–Crippen MR) is 73.4 cm³/mol. The van der Waals surface area contributed by atoms with E-state index in [9.17, 15) is 9.59 Å². The monoisotopic (exact) mass is 272 g/mol. The lowest BCUT2D eigenvalue weighted by Gasteiger charge is -2.17. The fourth-order valence-electron chi connectivity index (χ4n) is 1.47. The van der Waals surface area contributed by atoms with Crippen LogP contribution < -0.4 is 27.4 Å². The summed E-state index contributed by atoms with van der Waals surface area (Å²) in [7, 11) is 0. The molecule has 0 saturated heterocycles. The van der Waals surface area contributed by atoms with Gasteiger partial charge in [-0.15, -0.1) is 0 Å². The van der Waals surface area contributed by atoms with Gasteiger partial charge in [-0.2, -0.15) is 0 Å². The van der Waals surface area contributed by atoms with Gasteiger partial charge < -0.3 is 27.4 Å². The number of carbonyl (C=O) groups is 2. The second-order valence-electron chi connectivity index (χ2n) is 4.17. The highest BCUT2D eigenvalue weighted by Gasteiger charge is 2.17. The van der Waals surface area contributed by atoms with Gasteiger partial charge in [0.15, 0.2) is 5.96 Å². The molecular weight excluding hydrogens is 248 g/mol. The van der Waals surface area contributed by atoms with Crippen molar-refractivity contribution >= 4 is 17.8 Å². The van der Waals surface area contributed by atoms with Crippen molar-refractivity contribution in [1.82, 2.24) is 16.0 Å². The highest BCUT2D eigenvalue weighted by atomic mass is 16.2. The van der Waals surface area contributed by atoms with Crippen LogP contribution in [-0.2, 0) is 9.59 Å². The molecule has 0 spiro atoms. The van der Waals surface area contributed by atoms with Crippen molar-refractivity contribution in [3.63, 3.8) is 0 Å². The topological polar surface area (TPSA) is 146 Å². The van der Waals surface area contributed by atoms with Crippen molar-refractivity contribution < 1.29 is 9.59 Å². The first-order valence-corrected chi connectivity index (χ1v) is 6.34. The quantitative estimate of drug-likeness (QED) is 0.158. The number of nitrogens with two attached hydrogens (primary N) is 2. The van der Waals surface area contributed by atoms with Crippen molar-refractivity contribution in [3.05, 3.63) is 0 Å². The minimum Gasteiger partial charge on any atom is -0.370 e. The average molecular weight is 272 g/mol. The van der Waals surface area contributed by atoms with Crippen LogP contribution in [0.3, 0.4) is 0 Å². The summed E-state index contributed by atoms with van der Waals surface area (Å²) in [5.41, 5.74) is 10.1. The molecule has 0 aliphatic heterocycles. The summed E-state index contributed by atoms with van der Waals surface area (Å²) in [6.07, 6.45) is 2.18. The molecule has 0 rings (SSSR count). The minimum absolute atomic E-state index is 0.0868. The molecule has 8 heteroatoms. The largest absolute Gasteiger partial charge is 0.370 e. The van der Waals surface area contributed by atoms with Gasteiger partial charge in [-0.1, -0.05) is 6.92 Å². The number of guanidine groups is 1. The molecule has 0 aliphatic rings. The Bertz CT molecular complexity index is 308. The normalized spacial score (nSPS) is 11.6. The Kier molecular flexibility index (Phi) is 9.15. The molecule has 19 heavy (non-hydrogen) atoms. The van der Waals surface area contributed by atoms with Gasteiger partial charge in [0.1, 0.15) is 0 Å². The molecule has 0 aromatic rings. The summed E-state index contributed by atoms with van der Waals surface area (Å²) < 4.78 is 0. The molecule has 1 unspecified atom stereocenters. The lowest BCUT2D eigenvalue weighted by molar-refractivity contribution is -0.126. The summed E-state index contributed by atoms with van der Waals surface area (Å²) in [5, 5.41) is 15.3. The summed E-state index contributed by atoms with van der Waals surface area (Å²) in [5.74, 6) is -0.896. The minimum atomic E-state index is -0.569. The first-order chi connectivity index (χ1) is 8.97. The standard InChI is InChI=1S/C11H24N6O2/c1-2-5-15-8(4-3-6-16-11(13)14)10(19)17-7-9(12)18/h8,15H,2-7H2,1H3,(H2,12,18)(H,17,19)(H4,13,14,16). The molecule has 8 N–H and O–H groups in total. The third kappa shape index (κ3) is 9.83. The van der Waals surface area contributed by atoms with Gasteiger partial charge in [0, 0.05) is 6.54 Å². The summed E-state index contributed by atoms with van der Waals surface area (Å²) in [6, 6.07) is -0.368. The fourth-order valence-corrected chi connectivity index (χ4v) is 1.47. The van der Waals surface area contributed by atoms with Crippen molar-refractivity contribution in [2.75, 3.05) is 19.6 Å². The fraction of sp³-hybridized carbons (Fsp3) is 0.727. The molecule has 110 valence electrons. The number of hydrogen-bond acceptors (Lipinski definition) is 4. The first kappa shape index (κ1) is 17.2. The highest BCUT2D eigenvalue weighted by molar-refractivity contribution is 5.86. The van der Waals surface area contributed by atoms with E-state index in [4.69, 9.17) is 16.9 Å². The van der Waals surface area contributed by atoms with Crippen LogP contribution in [0.2, 0.25) is 0 Å². The number of amides is 2. The molecule has 0 radical (unpaired) electrons. The maximum Gasteiger partial charge on any atom is 0.237 e. The molecule has 8 nitrogen and oxygen atoms in total. The van der Waals surface area contributed by atoms with E-state index < -0.39 is 5.91 Å². The Morgan fingerprint density at radius 3 is 2.42 bits per heavy atom. The van der Waals surface area contributed by atoms with E-state index in [1.807, 2.05) is 6.92 Å². The average Bonchev–Trinajstić information content (AvgIpc) is 2.34. The van der Waals surface area contributed by atoms with E-state index in [1.54, 1.807) is 0 Å². The Balaban J connectivity index is 4.08. The van der Waals surface area contributed by atoms with E-state index in [-0.39, 0.29) is 24.5 Å². The zero-order valence-corrected chi connectivity index (χ0v) is 11.3. The Morgan fingerprint density at radius 1 is 1.21 bits per heavy atom. The van der Waals surface area contributed by atoms with Gasteiger partial charge in [-0.25, -0.2) is 0 Å². The van der Waals surface area contributed by atoms with Gasteiger partial charge in [-0.3, -0.25) is 15.0 Å². The van der Waals surface area contributed by atoms with E-state index in [0.717, 1.165) is 13.0 Å². The number of carbonyl (C=O) groups excluding carboxylic acids is 2. The van der Waals surface area contributed by atoms with Crippen LogP contribution in [0.5, 0.6) is 0 Å². The van der Waals surface area contributed by atoms with E-state index in [1.165, 1.54) is 0 Å². The molecular formula is C11H24N6O2. The molecule has 1 atom stereocenters. The van der Waals surface area contributed by atoms with Crippen LogP contribution in [0, 0.1) is 5.41 Å². The molecule has 0 bridgehead atoms. The second kappa shape index (κ2) is 10.1. The number of hydrogen-bond donors (Lipinski definition) is 6. The number of nitrogens with one attached hydrogen (secondary N) is 4. The Labute approximate surface area is 113 Å². The first-order valence-electron chi connectivity index (χ1n) is 6.34. The summed E-state index contributed by atoms with van der Waals surface area (Å²) >= 11 is 0.